The van der Waals surface area contributed by atoms with Crippen molar-refractivity contribution in [1.29, 1.82) is 0 Å². The first-order valence-electron chi connectivity index (χ1n) is 4.78. The highest BCUT2D eigenvalue weighted by Crippen LogP contribution is 2.26. The molecule has 0 radical (unpaired) electrons. The van der Waals surface area contributed by atoms with Gasteiger partial charge in [0, 0.05) is 32.2 Å². The summed E-state index contributed by atoms with van der Waals surface area (Å²) in [5, 5.41) is 2.97. The molecular weight excluding hydrogens is 222 g/mol. The Morgan fingerprint density at radius 1 is 1.13 bits per heavy atom. The van der Waals surface area contributed by atoms with Gasteiger partial charge >= 0.3 is 0 Å². The van der Waals surface area contributed by atoms with E-state index in [0.29, 0.717) is 18.8 Å². The molecule has 0 saturated carbocycles. The number of rotatable bonds is 1. The summed E-state index contributed by atoms with van der Waals surface area (Å²) in [5.41, 5.74) is 0.290. The van der Waals surface area contributed by atoms with Gasteiger partial charge in [0.15, 0.2) is 0 Å². The van der Waals surface area contributed by atoms with Crippen molar-refractivity contribution in [2.45, 2.75) is 0 Å². The molecule has 0 spiro atoms. The first-order valence-corrected chi connectivity index (χ1v) is 5.16. The molecule has 1 aliphatic rings. The van der Waals surface area contributed by atoms with Crippen LogP contribution in [0.15, 0.2) is 12.1 Å². The van der Waals surface area contributed by atoms with E-state index in [-0.39, 0.29) is 5.02 Å². The van der Waals surface area contributed by atoms with Gasteiger partial charge in [-0.1, -0.05) is 11.6 Å². The van der Waals surface area contributed by atoms with E-state index in [4.69, 9.17) is 11.6 Å². The highest BCUT2D eigenvalue weighted by Gasteiger charge is 2.16. The van der Waals surface area contributed by atoms with Crippen molar-refractivity contribution in [2.24, 2.45) is 0 Å². The zero-order valence-electron chi connectivity index (χ0n) is 8.06. The van der Waals surface area contributed by atoms with Crippen LogP contribution in [0.1, 0.15) is 0 Å². The molecule has 2 nitrogen and oxygen atoms in total. The molecule has 1 heterocycles. The van der Waals surface area contributed by atoms with E-state index in [2.05, 4.69) is 5.32 Å². The van der Waals surface area contributed by atoms with Crippen LogP contribution in [0.2, 0.25) is 5.02 Å². The van der Waals surface area contributed by atoms with Gasteiger partial charge in [0.2, 0.25) is 0 Å². The molecule has 0 bridgehead atoms. The monoisotopic (exact) mass is 232 g/mol. The molecule has 0 aromatic heterocycles. The van der Waals surface area contributed by atoms with Gasteiger partial charge in [-0.05, 0) is 6.07 Å². The lowest BCUT2D eigenvalue weighted by Gasteiger charge is -2.29. The van der Waals surface area contributed by atoms with Crippen molar-refractivity contribution in [3.05, 3.63) is 28.8 Å². The lowest BCUT2D eigenvalue weighted by Crippen LogP contribution is -2.43. The molecule has 0 atom stereocenters. The van der Waals surface area contributed by atoms with E-state index in [1.807, 2.05) is 4.90 Å². The van der Waals surface area contributed by atoms with E-state index >= 15 is 0 Å². The minimum Gasteiger partial charge on any atom is -0.367 e. The lowest BCUT2D eigenvalue weighted by molar-refractivity contribution is 0.558. The smallest absolute Gasteiger partial charge is 0.148 e. The third-order valence-corrected chi connectivity index (χ3v) is 2.74. The Morgan fingerprint density at radius 2 is 1.80 bits per heavy atom. The third kappa shape index (κ3) is 2.21. The van der Waals surface area contributed by atoms with Crippen LogP contribution in [0.4, 0.5) is 14.5 Å². The van der Waals surface area contributed by atoms with Crippen LogP contribution in [-0.2, 0) is 0 Å². The van der Waals surface area contributed by atoms with Crippen LogP contribution in [0.5, 0.6) is 0 Å². The Balaban J connectivity index is 2.30. The zero-order chi connectivity index (χ0) is 10.8. The highest BCUT2D eigenvalue weighted by atomic mass is 35.5. The van der Waals surface area contributed by atoms with Gasteiger partial charge < -0.3 is 10.2 Å². The molecule has 15 heavy (non-hydrogen) atoms. The second-order valence-corrected chi connectivity index (χ2v) is 3.86. The van der Waals surface area contributed by atoms with E-state index in [9.17, 15) is 8.78 Å². The molecule has 82 valence electrons. The summed E-state index contributed by atoms with van der Waals surface area (Å²) in [5.74, 6) is -1.05. The number of halogens is 3. The number of benzene rings is 1. The molecule has 1 aromatic carbocycles. The second-order valence-electron chi connectivity index (χ2n) is 3.45. The van der Waals surface area contributed by atoms with Gasteiger partial charge in [-0.3, -0.25) is 0 Å². The summed E-state index contributed by atoms with van der Waals surface area (Å²) >= 11 is 5.48. The quantitative estimate of drug-likeness (QED) is 0.746. The first kappa shape index (κ1) is 10.6. The van der Waals surface area contributed by atoms with E-state index in [1.165, 1.54) is 0 Å². The maximum absolute atomic E-state index is 13.5. The molecule has 1 saturated heterocycles. The fourth-order valence-corrected chi connectivity index (χ4v) is 1.81. The van der Waals surface area contributed by atoms with Crippen LogP contribution >= 0.6 is 11.6 Å². The van der Waals surface area contributed by atoms with Gasteiger partial charge in [0.05, 0.1) is 10.7 Å². The Bertz CT molecular complexity index is 365. The number of nitrogens with one attached hydrogen (secondary N) is 1. The topological polar surface area (TPSA) is 15.3 Å². The number of hydrogen-bond donors (Lipinski definition) is 1. The molecule has 0 aliphatic carbocycles. The summed E-state index contributed by atoms with van der Waals surface area (Å²) in [7, 11) is 0. The summed E-state index contributed by atoms with van der Waals surface area (Å²) in [6.07, 6.45) is 0. The minimum absolute atomic E-state index is 0.175. The van der Waals surface area contributed by atoms with Crippen molar-refractivity contribution in [1.82, 2.24) is 5.32 Å². The molecular formula is C10H11ClF2N2. The molecule has 5 heteroatoms. The van der Waals surface area contributed by atoms with Crippen LogP contribution in [-0.4, -0.2) is 26.2 Å². The molecule has 2 rings (SSSR count). The van der Waals surface area contributed by atoms with Gasteiger partial charge in [-0.15, -0.1) is 0 Å². The van der Waals surface area contributed by atoms with Gasteiger partial charge in [0.1, 0.15) is 11.6 Å². The SMILES string of the molecule is Fc1cc(N2CCNCC2)c(F)cc1Cl. The van der Waals surface area contributed by atoms with Crippen molar-refractivity contribution in [3.8, 4) is 0 Å². The summed E-state index contributed by atoms with van der Waals surface area (Å²) in [4.78, 5) is 1.81. The van der Waals surface area contributed by atoms with Crippen LogP contribution < -0.4 is 10.2 Å². The maximum atomic E-state index is 13.5. The predicted octanol–water partition coefficient (Wildman–Crippen LogP) is 2.03. The van der Waals surface area contributed by atoms with E-state index in [0.717, 1.165) is 25.2 Å². The normalized spacial score (nSPS) is 16.9. The number of nitrogens with zero attached hydrogens (tertiary/aromatic N) is 1. The van der Waals surface area contributed by atoms with Crippen LogP contribution in [0.3, 0.4) is 0 Å². The molecule has 0 unspecified atom stereocenters. The fourth-order valence-electron chi connectivity index (χ4n) is 1.66. The van der Waals surface area contributed by atoms with Crippen molar-refractivity contribution in [2.75, 3.05) is 31.1 Å². The maximum Gasteiger partial charge on any atom is 0.148 e. The van der Waals surface area contributed by atoms with Crippen molar-refractivity contribution < 1.29 is 8.78 Å². The molecule has 1 fully saturated rings. The second kappa shape index (κ2) is 4.33. The Morgan fingerprint density at radius 3 is 2.47 bits per heavy atom. The van der Waals surface area contributed by atoms with Crippen molar-refractivity contribution in [3.63, 3.8) is 0 Å². The number of anilines is 1. The van der Waals surface area contributed by atoms with Crippen molar-refractivity contribution >= 4 is 17.3 Å². The van der Waals surface area contributed by atoms with Gasteiger partial charge in [-0.2, -0.15) is 0 Å². The molecule has 0 amide bonds. The van der Waals surface area contributed by atoms with Crippen LogP contribution in [0, 0.1) is 11.6 Å². The molecule has 1 N–H and O–H groups in total. The minimum atomic E-state index is -0.577. The van der Waals surface area contributed by atoms with Crippen LogP contribution in [0.25, 0.3) is 0 Å². The third-order valence-electron chi connectivity index (χ3n) is 2.45. The predicted molar refractivity (Wildman–Crippen MR) is 56.5 cm³/mol. The largest absolute Gasteiger partial charge is 0.367 e. The zero-order valence-corrected chi connectivity index (χ0v) is 8.82. The molecule has 1 aliphatic heterocycles. The van der Waals surface area contributed by atoms with E-state index < -0.39 is 11.6 Å². The Kier molecular flexibility index (Phi) is 3.07. The number of piperazine rings is 1. The molecule has 1 aromatic rings. The lowest BCUT2D eigenvalue weighted by atomic mass is 10.2. The van der Waals surface area contributed by atoms with Gasteiger partial charge in [0.25, 0.3) is 0 Å². The standard InChI is InChI=1S/C10H11ClF2N2/c11-7-5-9(13)10(6-8(7)12)15-3-1-14-2-4-15/h5-6,14H,1-4H2. The fraction of sp³-hybridized carbons (Fsp3) is 0.400. The average Bonchev–Trinajstić information content (AvgIpc) is 2.25. The summed E-state index contributed by atoms with van der Waals surface area (Å²) in [6.45, 7) is 2.92. The Hall–Kier alpha value is -0.870. The Labute approximate surface area is 91.8 Å². The highest BCUT2D eigenvalue weighted by molar-refractivity contribution is 6.30. The summed E-state index contributed by atoms with van der Waals surface area (Å²) < 4.78 is 26.7. The van der Waals surface area contributed by atoms with E-state index in [1.54, 1.807) is 0 Å². The average molecular weight is 233 g/mol. The first-order chi connectivity index (χ1) is 7.18. The summed E-state index contributed by atoms with van der Waals surface area (Å²) in [6, 6.07) is 2.18. The number of hydrogen-bond acceptors (Lipinski definition) is 2. The van der Waals surface area contributed by atoms with Gasteiger partial charge in [-0.25, -0.2) is 8.78 Å².